The fraction of sp³-hybridized carbons (Fsp3) is 0. The molecule has 4 heavy (non-hydrogen) atoms. The van der Waals surface area contributed by atoms with E-state index < -0.39 is 0 Å². The van der Waals surface area contributed by atoms with Gasteiger partial charge in [0.1, 0.15) is 0 Å². The summed E-state index contributed by atoms with van der Waals surface area (Å²) in [5, 5.41) is 7.40. The van der Waals surface area contributed by atoms with Gasteiger partial charge in [0.2, 0.25) is 0 Å². The van der Waals surface area contributed by atoms with Crippen LogP contribution in [0.25, 0.3) is 0 Å². The Kier molecular flexibility index (Phi) is 20.5. The topological polar surface area (TPSA) is 23.8 Å². The van der Waals surface area contributed by atoms with Crippen LogP contribution in [0.5, 0.6) is 0 Å². The normalized spacial score (nSPS) is 2.25. The third kappa shape index (κ3) is 9.15. The Balaban J connectivity index is 0. The zero-order valence-corrected chi connectivity index (χ0v) is 7.13. The molecular formula is CKNTi. The van der Waals surface area contributed by atoms with Gasteiger partial charge in [-0.25, -0.2) is 0 Å². The van der Waals surface area contributed by atoms with Crippen molar-refractivity contribution in [2.75, 3.05) is 0 Å². The van der Waals surface area contributed by atoms with Crippen molar-refractivity contribution in [1.29, 1.82) is 5.26 Å². The second-order valence-electron chi connectivity index (χ2n) is 0.224. The van der Waals surface area contributed by atoms with Gasteiger partial charge in [-0.1, -0.05) is 0 Å². The van der Waals surface area contributed by atoms with E-state index in [0.29, 0.717) is 49.0 Å². The molecule has 0 spiro atoms. The van der Waals surface area contributed by atoms with Crippen LogP contribution in [0.15, 0.2) is 0 Å². The zero-order chi connectivity index (χ0) is 2.71. The monoisotopic (exact) mass is 113 g/mol. The van der Waals surface area contributed by atoms with E-state index in [1.165, 1.54) is 0 Å². The van der Waals surface area contributed by atoms with Gasteiger partial charge in [0, 0.05) is 21.7 Å². The van der Waals surface area contributed by atoms with Gasteiger partial charge in [-0.2, -0.15) is 0 Å². The van der Waals surface area contributed by atoms with Crippen LogP contribution in [0.3, 0.4) is 0 Å². The van der Waals surface area contributed by atoms with Crippen molar-refractivity contribution in [2.24, 2.45) is 0 Å². The van der Waals surface area contributed by atoms with E-state index in [-0.39, 0.29) is 21.7 Å². The van der Waals surface area contributed by atoms with E-state index in [1.54, 1.807) is 0 Å². The maximum atomic E-state index is 7.40. The molecular weight excluding hydrogens is 113 g/mol. The number of nitrogens with zero attached hydrogens (tertiary/aromatic N) is 1. The average molecular weight is 113 g/mol. The van der Waals surface area contributed by atoms with Crippen LogP contribution in [0.1, 0.15) is 0 Å². The molecule has 0 aliphatic carbocycles. The SMILES string of the molecule is N#[C][K].[Ti]. The van der Waals surface area contributed by atoms with Gasteiger partial charge in [-0.05, 0) is 0 Å². The second-order valence-corrected chi connectivity index (χ2v) is 0.922. The minimum Gasteiger partial charge on any atom is 0 e. The van der Waals surface area contributed by atoms with Crippen LogP contribution in [-0.2, 0) is 21.7 Å². The summed E-state index contributed by atoms with van der Waals surface area (Å²) in [6.07, 6.45) is 0. The Morgan fingerprint density at radius 2 is 1.75 bits per heavy atom. The minimum atomic E-state index is 0. The molecule has 1 nitrogen and oxygen atoms in total. The quantitative estimate of drug-likeness (QED) is 0.393. The first-order chi connectivity index (χ1) is 1.41. The molecule has 0 rings (SSSR count). The molecule has 0 radical (unpaired) electrons. The summed E-state index contributed by atoms with van der Waals surface area (Å²) in [5.41, 5.74) is 0. The van der Waals surface area contributed by atoms with Crippen molar-refractivity contribution >= 4 is 49.0 Å². The van der Waals surface area contributed by atoms with Gasteiger partial charge in [0.05, 0.1) is 0 Å². The van der Waals surface area contributed by atoms with Crippen LogP contribution in [-0.4, -0.2) is 49.0 Å². The number of hydrogen-bond donors (Lipinski definition) is 0. The first-order valence-corrected chi connectivity index (χ1v) is 2.29. The Bertz CT molecular complexity index is 29.5. The van der Waals surface area contributed by atoms with Crippen molar-refractivity contribution in [3.05, 3.63) is 0 Å². The van der Waals surface area contributed by atoms with E-state index in [4.69, 9.17) is 5.26 Å². The van der Waals surface area contributed by atoms with E-state index in [1.807, 2.05) is 0.164 Å². The predicted molar refractivity (Wildman–Crippen MR) is 11.4 cm³/mol. The number of hydrogen-bond acceptors (Lipinski definition) is 1. The van der Waals surface area contributed by atoms with Crippen LogP contribution < -0.4 is 0 Å². The Morgan fingerprint density at radius 1 is 1.75 bits per heavy atom. The van der Waals surface area contributed by atoms with Crippen LogP contribution >= 0.6 is 0 Å². The molecule has 0 aromatic heterocycles. The summed E-state index contributed by atoms with van der Waals surface area (Å²) in [6, 6.07) is 0. The number of rotatable bonds is 0. The summed E-state index contributed by atoms with van der Waals surface area (Å²) in [5.74, 6) is 0. The maximum Gasteiger partial charge on any atom is 0 e. The standard InChI is InChI=1S/CN.K.Ti/c1-2;;. The maximum absolute atomic E-state index is 7.40. The smallest absolute Gasteiger partial charge is 0 e. The molecule has 0 unspecified atom stereocenters. The molecule has 14 valence electrons. The van der Waals surface area contributed by atoms with E-state index >= 15 is 0 Å². The average Bonchev–Trinajstić information content (AvgIpc) is 0.918. The second kappa shape index (κ2) is 8.85. The summed E-state index contributed by atoms with van der Waals surface area (Å²) < 4.78 is 1.94. The van der Waals surface area contributed by atoms with Gasteiger partial charge in [0.15, 0.2) is 0 Å². The Hall–Kier alpha value is 1.84. The molecule has 0 aliphatic rings. The number of nitriles is 1. The summed E-state index contributed by atoms with van der Waals surface area (Å²) in [4.78, 5) is 0. The molecule has 0 aromatic carbocycles. The Labute approximate surface area is 74.2 Å². The molecule has 0 amide bonds. The largest absolute Gasteiger partial charge is 0 e. The van der Waals surface area contributed by atoms with Crippen molar-refractivity contribution in [1.82, 2.24) is 0 Å². The van der Waals surface area contributed by atoms with E-state index in [0.717, 1.165) is 0 Å². The van der Waals surface area contributed by atoms with E-state index in [9.17, 15) is 0 Å². The molecule has 0 saturated heterocycles. The minimum absolute atomic E-state index is 0. The van der Waals surface area contributed by atoms with Gasteiger partial charge in [-0.15, -0.1) is 0 Å². The first-order valence-electron chi connectivity index (χ1n) is 0.724. The summed E-state index contributed by atoms with van der Waals surface area (Å²) in [6.45, 7) is 0. The van der Waals surface area contributed by atoms with Crippen LogP contribution in [0, 0.1) is 5.43 Å². The van der Waals surface area contributed by atoms with Crippen LogP contribution in [0.2, 0.25) is 0 Å². The van der Waals surface area contributed by atoms with Crippen molar-refractivity contribution in [3.8, 4) is 0.164 Å². The first kappa shape index (κ1) is 9.28. The molecule has 0 N–H and O–H groups in total. The molecule has 0 atom stereocenters. The third-order valence-corrected chi connectivity index (χ3v) is 0. The predicted octanol–water partition coefficient (Wildman–Crippen LogP) is -0.367. The van der Waals surface area contributed by atoms with Crippen LogP contribution in [0.4, 0.5) is 0 Å². The Morgan fingerprint density at radius 3 is 1.75 bits per heavy atom. The molecule has 3 heteroatoms. The summed E-state index contributed by atoms with van der Waals surface area (Å²) in [7, 11) is 0. The molecule has 0 heterocycles. The fourth-order valence-electron chi connectivity index (χ4n) is 0. The van der Waals surface area contributed by atoms with Gasteiger partial charge >= 0.3 is 54.4 Å². The molecule has 0 saturated carbocycles. The van der Waals surface area contributed by atoms with Crippen molar-refractivity contribution in [3.63, 3.8) is 0 Å². The molecule has 0 aromatic rings. The van der Waals surface area contributed by atoms with Gasteiger partial charge < -0.3 is 0 Å². The van der Waals surface area contributed by atoms with Crippen molar-refractivity contribution in [2.45, 2.75) is 0 Å². The molecule has 0 bridgehead atoms. The zero-order valence-electron chi connectivity index (χ0n) is 2.45. The summed E-state index contributed by atoms with van der Waals surface area (Å²) >= 11 is 0.410. The van der Waals surface area contributed by atoms with E-state index in [2.05, 4.69) is 0 Å². The molecule has 0 aliphatic heterocycles. The fourth-order valence-corrected chi connectivity index (χ4v) is 0. The van der Waals surface area contributed by atoms with Crippen molar-refractivity contribution < 1.29 is 21.7 Å². The van der Waals surface area contributed by atoms with Gasteiger partial charge in [0.25, 0.3) is 0 Å². The molecule has 0 fully saturated rings. The van der Waals surface area contributed by atoms with Gasteiger partial charge in [-0.3, -0.25) is 0 Å². The third-order valence-electron chi connectivity index (χ3n) is 0.